The van der Waals surface area contributed by atoms with Gasteiger partial charge < -0.3 is 4.90 Å². The van der Waals surface area contributed by atoms with E-state index in [2.05, 4.69) is 6.92 Å². The zero-order chi connectivity index (χ0) is 15.0. The zero-order valence-corrected chi connectivity index (χ0v) is 12.7. The molecule has 2 aliphatic rings. The highest BCUT2D eigenvalue weighted by molar-refractivity contribution is 6.02. The number of anilines is 1. The van der Waals surface area contributed by atoms with Gasteiger partial charge in [-0.2, -0.15) is 0 Å². The molecule has 21 heavy (non-hydrogen) atoms. The number of amides is 2. The summed E-state index contributed by atoms with van der Waals surface area (Å²) in [6, 6.07) is 7.48. The van der Waals surface area contributed by atoms with E-state index in [1.165, 1.54) is 0 Å². The smallest absolute Gasteiger partial charge is 0.246 e. The molecular weight excluding hydrogens is 264 g/mol. The molecule has 0 aliphatic carbocycles. The Hall–Kier alpha value is -1.84. The lowest BCUT2D eigenvalue weighted by atomic mass is 9.98. The van der Waals surface area contributed by atoms with E-state index in [1.807, 2.05) is 29.2 Å². The summed E-state index contributed by atoms with van der Waals surface area (Å²) in [4.78, 5) is 28.4. The Morgan fingerprint density at radius 2 is 1.81 bits per heavy atom. The van der Waals surface area contributed by atoms with E-state index < -0.39 is 0 Å². The predicted octanol–water partition coefficient (Wildman–Crippen LogP) is 2.22. The second-order valence-electron chi connectivity index (χ2n) is 6.25. The topological polar surface area (TPSA) is 40.6 Å². The average molecular weight is 286 g/mol. The van der Waals surface area contributed by atoms with Gasteiger partial charge in [0, 0.05) is 32.1 Å². The Labute approximate surface area is 125 Å². The van der Waals surface area contributed by atoms with Gasteiger partial charge in [-0.25, -0.2) is 0 Å². The molecule has 1 aromatic rings. The molecule has 1 aromatic carbocycles. The Balaban J connectivity index is 1.82. The number of para-hydroxylation sites is 1. The molecule has 4 heteroatoms. The second kappa shape index (κ2) is 5.51. The molecule has 0 aromatic heterocycles. The van der Waals surface area contributed by atoms with Gasteiger partial charge in [0.15, 0.2) is 0 Å². The van der Waals surface area contributed by atoms with Crippen molar-refractivity contribution < 1.29 is 9.59 Å². The highest BCUT2D eigenvalue weighted by atomic mass is 16.2. The van der Waals surface area contributed by atoms with Crippen LogP contribution >= 0.6 is 0 Å². The standard InChI is InChI=1S/C17H22N2O2/c1-12-7-9-18(10-8-12)17(21)16-11-14-5-3-4-6-15(14)19(16)13(2)20/h3-6,12,16H,7-11H2,1-2H3. The first kappa shape index (κ1) is 14.1. The molecule has 4 nitrogen and oxygen atoms in total. The number of rotatable bonds is 1. The fourth-order valence-electron chi connectivity index (χ4n) is 3.41. The number of carbonyl (C=O) groups is 2. The lowest BCUT2D eigenvalue weighted by molar-refractivity contribution is -0.135. The molecule has 1 atom stereocenters. The quantitative estimate of drug-likeness (QED) is 0.794. The van der Waals surface area contributed by atoms with Crippen LogP contribution in [0.5, 0.6) is 0 Å². The van der Waals surface area contributed by atoms with Crippen LogP contribution in [0.25, 0.3) is 0 Å². The van der Waals surface area contributed by atoms with Gasteiger partial charge in [-0.3, -0.25) is 14.5 Å². The van der Waals surface area contributed by atoms with E-state index >= 15 is 0 Å². The third-order valence-electron chi connectivity index (χ3n) is 4.70. The van der Waals surface area contributed by atoms with E-state index in [-0.39, 0.29) is 17.9 Å². The van der Waals surface area contributed by atoms with Crippen LogP contribution in [0.2, 0.25) is 0 Å². The van der Waals surface area contributed by atoms with E-state index in [4.69, 9.17) is 0 Å². The predicted molar refractivity (Wildman–Crippen MR) is 82.1 cm³/mol. The number of nitrogens with zero attached hydrogens (tertiary/aromatic N) is 2. The van der Waals surface area contributed by atoms with Crippen molar-refractivity contribution in [3.63, 3.8) is 0 Å². The fourth-order valence-corrected chi connectivity index (χ4v) is 3.41. The fraction of sp³-hybridized carbons (Fsp3) is 0.529. The molecule has 0 N–H and O–H groups in total. The van der Waals surface area contributed by atoms with Gasteiger partial charge >= 0.3 is 0 Å². The molecule has 1 fully saturated rings. The summed E-state index contributed by atoms with van der Waals surface area (Å²) in [7, 11) is 0. The van der Waals surface area contributed by atoms with Gasteiger partial charge in [-0.15, -0.1) is 0 Å². The molecular formula is C17H22N2O2. The van der Waals surface area contributed by atoms with E-state index in [9.17, 15) is 9.59 Å². The largest absolute Gasteiger partial charge is 0.341 e. The first-order chi connectivity index (χ1) is 10.1. The number of hydrogen-bond acceptors (Lipinski definition) is 2. The lowest BCUT2D eigenvalue weighted by Gasteiger charge is -2.34. The van der Waals surface area contributed by atoms with E-state index in [0.29, 0.717) is 12.3 Å². The van der Waals surface area contributed by atoms with Crippen LogP contribution in [0.1, 0.15) is 32.3 Å². The summed E-state index contributed by atoms with van der Waals surface area (Å²) in [6.07, 6.45) is 2.76. The third-order valence-corrected chi connectivity index (χ3v) is 4.70. The lowest BCUT2D eigenvalue weighted by Crippen LogP contribution is -2.51. The molecule has 2 amide bonds. The first-order valence-electron chi connectivity index (χ1n) is 7.74. The van der Waals surface area contributed by atoms with Crippen LogP contribution in [-0.4, -0.2) is 35.8 Å². The van der Waals surface area contributed by atoms with Gasteiger partial charge in [0.05, 0.1) is 0 Å². The average Bonchev–Trinajstić information content (AvgIpc) is 2.86. The highest BCUT2D eigenvalue weighted by Crippen LogP contribution is 2.33. The normalized spacial score (nSPS) is 22.3. The van der Waals surface area contributed by atoms with Crippen LogP contribution in [0.15, 0.2) is 24.3 Å². The molecule has 2 heterocycles. The van der Waals surface area contributed by atoms with Crippen LogP contribution < -0.4 is 4.90 Å². The van der Waals surface area contributed by atoms with Crippen LogP contribution in [0.3, 0.4) is 0 Å². The van der Waals surface area contributed by atoms with Crippen molar-refractivity contribution in [2.45, 2.75) is 39.2 Å². The number of piperidine rings is 1. The molecule has 1 unspecified atom stereocenters. The minimum atomic E-state index is -0.353. The number of fused-ring (bicyclic) bond motifs is 1. The maximum Gasteiger partial charge on any atom is 0.246 e. The summed E-state index contributed by atoms with van der Waals surface area (Å²) < 4.78 is 0. The van der Waals surface area contributed by atoms with Gasteiger partial charge in [-0.1, -0.05) is 25.1 Å². The monoisotopic (exact) mass is 286 g/mol. The summed E-state index contributed by atoms with van der Waals surface area (Å²) in [6.45, 7) is 5.41. The molecule has 2 aliphatic heterocycles. The molecule has 0 bridgehead atoms. The third kappa shape index (κ3) is 2.55. The van der Waals surface area contributed by atoms with Crippen LogP contribution in [-0.2, 0) is 16.0 Å². The maximum absolute atomic E-state index is 12.8. The van der Waals surface area contributed by atoms with Crippen molar-refractivity contribution in [3.8, 4) is 0 Å². The molecule has 112 valence electrons. The molecule has 3 rings (SSSR count). The number of likely N-dealkylation sites (tertiary alicyclic amines) is 1. The Morgan fingerprint density at radius 3 is 2.48 bits per heavy atom. The second-order valence-corrected chi connectivity index (χ2v) is 6.25. The van der Waals surface area contributed by atoms with E-state index in [1.54, 1.807) is 11.8 Å². The van der Waals surface area contributed by atoms with Gasteiger partial charge in [0.1, 0.15) is 6.04 Å². The van der Waals surface area contributed by atoms with Crippen LogP contribution in [0.4, 0.5) is 5.69 Å². The van der Waals surface area contributed by atoms with Gasteiger partial charge in [0.2, 0.25) is 11.8 Å². The summed E-state index contributed by atoms with van der Waals surface area (Å²) in [5, 5.41) is 0. The molecule has 0 radical (unpaired) electrons. The molecule has 0 saturated carbocycles. The zero-order valence-electron chi connectivity index (χ0n) is 12.7. The molecule has 0 spiro atoms. The highest BCUT2D eigenvalue weighted by Gasteiger charge is 2.39. The summed E-state index contributed by atoms with van der Waals surface area (Å²) >= 11 is 0. The van der Waals surface area contributed by atoms with Crippen molar-refractivity contribution in [2.75, 3.05) is 18.0 Å². The van der Waals surface area contributed by atoms with Crippen molar-refractivity contribution in [2.24, 2.45) is 5.92 Å². The van der Waals surface area contributed by atoms with Crippen molar-refractivity contribution >= 4 is 17.5 Å². The molecule has 1 saturated heterocycles. The Morgan fingerprint density at radius 1 is 1.14 bits per heavy atom. The minimum Gasteiger partial charge on any atom is -0.341 e. The van der Waals surface area contributed by atoms with Crippen molar-refractivity contribution in [1.29, 1.82) is 0 Å². The Kier molecular flexibility index (Phi) is 3.70. The summed E-state index contributed by atoms with van der Waals surface area (Å²) in [5.74, 6) is 0.746. The maximum atomic E-state index is 12.8. The number of hydrogen-bond donors (Lipinski definition) is 0. The minimum absolute atomic E-state index is 0.0522. The SMILES string of the molecule is CC(=O)N1c2ccccc2CC1C(=O)N1CCC(C)CC1. The summed E-state index contributed by atoms with van der Waals surface area (Å²) in [5.41, 5.74) is 1.99. The first-order valence-corrected chi connectivity index (χ1v) is 7.74. The van der Waals surface area contributed by atoms with E-state index in [0.717, 1.165) is 37.2 Å². The van der Waals surface area contributed by atoms with Crippen LogP contribution in [0, 0.1) is 5.92 Å². The number of benzene rings is 1. The van der Waals surface area contributed by atoms with Gasteiger partial charge in [-0.05, 0) is 30.4 Å². The van der Waals surface area contributed by atoms with Crippen molar-refractivity contribution in [1.82, 2.24) is 4.90 Å². The Bertz CT molecular complexity index is 562. The van der Waals surface area contributed by atoms with Crippen molar-refractivity contribution in [3.05, 3.63) is 29.8 Å². The number of carbonyl (C=O) groups excluding carboxylic acids is 2. The van der Waals surface area contributed by atoms with Gasteiger partial charge in [0.25, 0.3) is 0 Å².